The first-order valence-corrected chi connectivity index (χ1v) is 9.51. The fraction of sp³-hybridized carbons (Fsp3) is 0.333. The van der Waals surface area contributed by atoms with E-state index in [0.29, 0.717) is 5.78 Å². The maximum absolute atomic E-state index is 13.5. The van der Waals surface area contributed by atoms with E-state index < -0.39 is 0 Å². The molecule has 8 heteroatoms. The molecule has 0 N–H and O–H groups in total. The van der Waals surface area contributed by atoms with Crippen molar-refractivity contribution in [2.45, 2.75) is 32.1 Å². The molecule has 0 unspecified atom stereocenters. The van der Waals surface area contributed by atoms with Crippen LogP contribution >= 0.6 is 11.3 Å². The van der Waals surface area contributed by atoms with Crippen molar-refractivity contribution < 1.29 is 4.74 Å². The molecule has 0 radical (unpaired) electrons. The van der Waals surface area contributed by atoms with Gasteiger partial charge in [-0.3, -0.25) is 4.79 Å². The minimum Gasteiger partial charge on any atom is -0.497 e. The molecule has 4 aromatic rings. The van der Waals surface area contributed by atoms with Crippen LogP contribution in [0.3, 0.4) is 0 Å². The normalized spacial score (nSPS) is 14.5. The van der Waals surface area contributed by atoms with Gasteiger partial charge in [0.05, 0.1) is 18.2 Å². The van der Waals surface area contributed by atoms with Crippen LogP contribution < -0.4 is 10.3 Å². The molecule has 1 aliphatic rings. The van der Waals surface area contributed by atoms with Crippen molar-refractivity contribution in [1.29, 1.82) is 0 Å². The van der Waals surface area contributed by atoms with Crippen LogP contribution in [0.2, 0.25) is 0 Å². The molecule has 7 nitrogen and oxygen atoms in total. The number of aryl methyl sites for hydroxylation is 2. The maximum atomic E-state index is 13.5. The molecule has 0 aliphatic heterocycles. The molecule has 0 amide bonds. The van der Waals surface area contributed by atoms with Crippen LogP contribution in [-0.2, 0) is 12.8 Å². The average molecular weight is 367 g/mol. The second-order valence-electron chi connectivity index (χ2n) is 6.47. The largest absolute Gasteiger partial charge is 0.497 e. The predicted molar refractivity (Wildman–Crippen MR) is 99.6 cm³/mol. The highest BCUT2D eigenvalue weighted by molar-refractivity contribution is 7.18. The number of methoxy groups -OCH3 is 1. The lowest BCUT2D eigenvalue weighted by Crippen LogP contribution is -2.22. The molecular weight excluding hydrogens is 350 g/mol. The lowest BCUT2D eigenvalue weighted by Gasteiger charge is -2.09. The highest BCUT2D eigenvalue weighted by atomic mass is 32.1. The van der Waals surface area contributed by atoms with E-state index in [2.05, 4.69) is 15.5 Å². The number of nitrogens with zero attached hydrogens (tertiary/aromatic N) is 5. The van der Waals surface area contributed by atoms with E-state index in [0.717, 1.165) is 40.9 Å². The van der Waals surface area contributed by atoms with Gasteiger partial charge in [0, 0.05) is 4.88 Å². The summed E-state index contributed by atoms with van der Waals surface area (Å²) in [6.07, 6.45) is 5.48. The summed E-state index contributed by atoms with van der Waals surface area (Å²) in [5, 5.41) is 12.9. The smallest absolute Gasteiger partial charge is 0.268 e. The number of benzene rings is 1. The Bertz CT molecular complexity index is 1170. The summed E-state index contributed by atoms with van der Waals surface area (Å²) in [6.45, 7) is 0. The van der Waals surface area contributed by atoms with Crippen LogP contribution in [0, 0.1) is 0 Å². The van der Waals surface area contributed by atoms with Crippen LogP contribution in [0.25, 0.3) is 21.7 Å². The Balaban J connectivity index is 1.87. The first-order valence-electron chi connectivity index (χ1n) is 8.69. The van der Waals surface area contributed by atoms with Gasteiger partial charge < -0.3 is 4.74 Å². The zero-order valence-electron chi connectivity index (χ0n) is 14.3. The predicted octanol–water partition coefficient (Wildman–Crippen LogP) is 2.77. The summed E-state index contributed by atoms with van der Waals surface area (Å²) >= 11 is 1.66. The lowest BCUT2D eigenvalue weighted by molar-refractivity contribution is 0.414. The van der Waals surface area contributed by atoms with Crippen LogP contribution in [0.15, 0.2) is 29.1 Å². The number of tetrazole rings is 1. The van der Waals surface area contributed by atoms with E-state index >= 15 is 0 Å². The average Bonchev–Trinajstić information content (AvgIpc) is 3.21. The number of fused-ring (bicyclic) bond motifs is 5. The molecule has 5 rings (SSSR count). The summed E-state index contributed by atoms with van der Waals surface area (Å²) in [6, 6.07) is 7.37. The highest BCUT2D eigenvalue weighted by Crippen LogP contribution is 2.34. The third-order valence-electron chi connectivity index (χ3n) is 5.00. The molecule has 0 saturated carbocycles. The number of aromatic nitrogens is 5. The Morgan fingerprint density at radius 1 is 1.12 bits per heavy atom. The van der Waals surface area contributed by atoms with Gasteiger partial charge in [-0.15, -0.1) is 11.3 Å². The van der Waals surface area contributed by atoms with Gasteiger partial charge in [0.1, 0.15) is 10.6 Å². The van der Waals surface area contributed by atoms with Crippen molar-refractivity contribution in [2.24, 2.45) is 0 Å². The fourth-order valence-corrected chi connectivity index (χ4v) is 5.04. The number of ether oxygens (including phenoxy) is 1. The Labute approximate surface area is 152 Å². The second-order valence-corrected chi connectivity index (χ2v) is 7.56. The molecule has 0 spiro atoms. The summed E-state index contributed by atoms with van der Waals surface area (Å²) in [5.41, 5.74) is 1.87. The molecule has 0 saturated heterocycles. The summed E-state index contributed by atoms with van der Waals surface area (Å²) in [7, 11) is 1.62. The van der Waals surface area contributed by atoms with Crippen LogP contribution in [0.4, 0.5) is 0 Å². The SMILES string of the molecule is COc1ccc(-n2c(=O)c3c4c(sc3n3nnnc23)CCCCC4)cc1. The zero-order chi connectivity index (χ0) is 17.7. The summed E-state index contributed by atoms with van der Waals surface area (Å²) in [4.78, 5) is 15.6. The minimum absolute atomic E-state index is 0.0492. The van der Waals surface area contributed by atoms with E-state index in [4.69, 9.17) is 4.74 Å². The van der Waals surface area contributed by atoms with Gasteiger partial charge >= 0.3 is 0 Å². The second kappa shape index (κ2) is 5.91. The molecular formula is C18H17N5O2S. The van der Waals surface area contributed by atoms with Gasteiger partial charge in [0.2, 0.25) is 0 Å². The molecule has 3 heterocycles. The number of hydrogen-bond acceptors (Lipinski definition) is 6. The number of thiophene rings is 1. The Hall–Kier alpha value is -2.74. The fourth-order valence-electron chi connectivity index (χ4n) is 3.72. The number of hydrogen-bond donors (Lipinski definition) is 0. The number of rotatable bonds is 2. The minimum atomic E-state index is -0.0492. The van der Waals surface area contributed by atoms with Crippen molar-refractivity contribution in [3.05, 3.63) is 45.1 Å². The van der Waals surface area contributed by atoms with Gasteiger partial charge in [-0.05, 0) is 65.9 Å². The van der Waals surface area contributed by atoms with Crippen LogP contribution in [0.1, 0.15) is 29.7 Å². The molecule has 1 aliphatic carbocycles. The third kappa shape index (κ3) is 2.18. The Kier molecular flexibility index (Phi) is 3.53. The van der Waals surface area contributed by atoms with E-state index in [9.17, 15) is 4.79 Å². The van der Waals surface area contributed by atoms with E-state index in [-0.39, 0.29) is 5.56 Å². The van der Waals surface area contributed by atoms with Gasteiger partial charge in [0.15, 0.2) is 0 Å². The van der Waals surface area contributed by atoms with Crippen LogP contribution in [0.5, 0.6) is 5.75 Å². The Morgan fingerprint density at radius 3 is 2.73 bits per heavy atom. The zero-order valence-corrected chi connectivity index (χ0v) is 15.1. The van der Waals surface area contributed by atoms with Crippen molar-refractivity contribution in [1.82, 2.24) is 24.6 Å². The van der Waals surface area contributed by atoms with Crippen molar-refractivity contribution >= 4 is 27.3 Å². The molecule has 1 aromatic carbocycles. The van der Waals surface area contributed by atoms with Gasteiger partial charge in [0.25, 0.3) is 11.3 Å². The standard InChI is InChI=1S/C18H17N5O2S/c1-25-12-9-7-11(8-10-12)22-16(24)15-13-5-3-2-4-6-14(13)26-17(15)23-18(22)19-20-21-23/h7-10H,2-6H2,1H3. The highest BCUT2D eigenvalue weighted by Gasteiger charge is 2.23. The Morgan fingerprint density at radius 2 is 1.92 bits per heavy atom. The monoisotopic (exact) mass is 367 g/mol. The quantitative estimate of drug-likeness (QED) is 0.509. The van der Waals surface area contributed by atoms with Crippen molar-refractivity contribution in [3.8, 4) is 11.4 Å². The van der Waals surface area contributed by atoms with E-state index in [1.807, 2.05) is 24.3 Å². The molecule has 3 aromatic heterocycles. The molecule has 26 heavy (non-hydrogen) atoms. The molecule has 132 valence electrons. The first-order chi connectivity index (χ1) is 12.8. The summed E-state index contributed by atoms with van der Waals surface area (Å²) < 4.78 is 8.51. The topological polar surface area (TPSA) is 74.3 Å². The van der Waals surface area contributed by atoms with Crippen molar-refractivity contribution in [3.63, 3.8) is 0 Å². The van der Waals surface area contributed by atoms with E-state index in [1.165, 1.54) is 23.3 Å². The van der Waals surface area contributed by atoms with Gasteiger partial charge in [-0.1, -0.05) is 11.5 Å². The lowest BCUT2D eigenvalue weighted by atomic mass is 10.1. The molecule has 0 bridgehead atoms. The van der Waals surface area contributed by atoms with Crippen LogP contribution in [-0.4, -0.2) is 31.7 Å². The van der Waals surface area contributed by atoms with Crippen molar-refractivity contribution in [2.75, 3.05) is 7.11 Å². The molecule has 0 fully saturated rings. The first kappa shape index (κ1) is 15.5. The van der Waals surface area contributed by atoms with Gasteiger partial charge in [-0.25, -0.2) is 4.57 Å². The summed E-state index contributed by atoms with van der Waals surface area (Å²) in [5.74, 6) is 1.17. The third-order valence-corrected chi connectivity index (χ3v) is 6.26. The van der Waals surface area contributed by atoms with Gasteiger partial charge in [-0.2, -0.15) is 4.52 Å². The van der Waals surface area contributed by atoms with E-state index in [1.54, 1.807) is 27.5 Å². The maximum Gasteiger partial charge on any atom is 0.268 e. The molecule has 0 atom stereocenters.